The molecule has 5 nitrogen and oxygen atoms in total. The number of anilines is 1. The summed E-state index contributed by atoms with van der Waals surface area (Å²) in [5.74, 6) is -0.784. The number of carboxylic acid groups (broad SMARTS) is 1. The summed E-state index contributed by atoms with van der Waals surface area (Å²) >= 11 is 1.52. The van der Waals surface area contributed by atoms with Crippen LogP contribution in [-0.2, 0) is 16.0 Å². The molecule has 1 fully saturated rings. The maximum atomic E-state index is 10.4. The van der Waals surface area contributed by atoms with E-state index in [0.717, 1.165) is 36.9 Å². The zero-order valence-corrected chi connectivity index (χ0v) is 10.3. The molecule has 0 bridgehead atoms. The number of hydrogen-bond acceptors (Lipinski definition) is 5. The van der Waals surface area contributed by atoms with Crippen LogP contribution in [0, 0.1) is 0 Å². The largest absolute Gasteiger partial charge is 0.481 e. The fourth-order valence-electron chi connectivity index (χ4n) is 1.75. The maximum absolute atomic E-state index is 10.4. The molecular formula is C11H16N2O3S. The normalized spacial score (nSPS) is 20.1. The van der Waals surface area contributed by atoms with Crippen molar-refractivity contribution in [1.82, 2.24) is 4.98 Å². The molecule has 1 aliphatic rings. The summed E-state index contributed by atoms with van der Waals surface area (Å²) in [6, 6.07) is 0.335. The second kappa shape index (κ2) is 5.97. The molecule has 1 unspecified atom stereocenters. The number of hydrogen-bond donors (Lipinski definition) is 2. The maximum Gasteiger partial charge on any atom is 0.303 e. The molecule has 1 aliphatic heterocycles. The fourth-order valence-corrected chi connectivity index (χ4v) is 2.58. The number of nitrogens with zero attached hydrogens (tertiary/aromatic N) is 1. The summed E-state index contributed by atoms with van der Waals surface area (Å²) in [7, 11) is 0. The van der Waals surface area contributed by atoms with E-state index in [4.69, 9.17) is 9.84 Å². The predicted molar refractivity (Wildman–Crippen MR) is 65.5 cm³/mol. The summed E-state index contributed by atoms with van der Waals surface area (Å²) in [6.45, 7) is 1.57. The third kappa shape index (κ3) is 3.98. The summed E-state index contributed by atoms with van der Waals surface area (Å²) < 4.78 is 5.38. The van der Waals surface area contributed by atoms with E-state index in [0.29, 0.717) is 12.5 Å². The fraction of sp³-hybridized carbons (Fsp3) is 0.636. The molecule has 2 heterocycles. The van der Waals surface area contributed by atoms with Crippen LogP contribution in [0.4, 0.5) is 5.13 Å². The Balaban J connectivity index is 1.82. The van der Waals surface area contributed by atoms with Crippen LogP contribution in [0.25, 0.3) is 0 Å². The second-order valence-corrected chi connectivity index (χ2v) is 4.95. The van der Waals surface area contributed by atoms with Gasteiger partial charge in [0.2, 0.25) is 0 Å². The van der Waals surface area contributed by atoms with Gasteiger partial charge in [-0.1, -0.05) is 0 Å². The van der Waals surface area contributed by atoms with Crippen molar-refractivity contribution in [3.8, 4) is 0 Å². The van der Waals surface area contributed by atoms with Gasteiger partial charge in [0, 0.05) is 18.4 Å². The topological polar surface area (TPSA) is 71.5 Å². The van der Waals surface area contributed by atoms with Gasteiger partial charge in [-0.05, 0) is 12.8 Å². The van der Waals surface area contributed by atoms with Crippen LogP contribution in [-0.4, -0.2) is 35.3 Å². The number of aryl methyl sites for hydroxylation is 1. The Bertz CT molecular complexity index is 375. The Hall–Kier alpha value is -1.14. The number of aromatic nitrogens is 1. The van der Waals surface area contributed by atoms with Gasteiger partial charge in [0.15, 0.2) is 5.13 Å². The van der Waals surface area contributed by atoms with Gasteiger partial charge < -0.3 is 15.2 Å². The van der Waals surface area contributed by atoms with Gasteiger partial charge in [-0.3, -0.25) is 4.79 Å². The monoisotopic (exact) mass is 256 g/mol. The molecule has 6 heteroatoms. The summed E-state index contributed by atoms with van der Waals surface area (Å²) in [5.41, 5.74) is 0.844. The van der Waals surface area contributed by atoms with Gasteiger partial charge in [-0.25, -0.2) is 4.98 Å². The average molecular weight is 256 g/mol. The number of rotatable bonds is 5. The summed E-state index contributed by atoms with van der Waals surface area (Å²) in [6.07, 6.45) is 2.81. The number of aliphatic carboxylic acids is 1. The van der Waals surface area contributed by atoms with Crippen LogP contribution in [0.5, 0.6) is 0 Å². The van der Waals surface area contributed by atoms with Crippen molar-refractivity contribution in [1.29, 1.82) is 0 Å². The Morgan fingerprint density at radius 1 is 1.71 bits per heavy atom. The van der Waals surface area contributed by atoms with Crippen LogP contribution >= 0.6 is 11.3 Å². The molecule has 0 amide bonds. The second-order valence-electron chi connectivity index (χ2n) is 4.10. The summed E-state index contributed by atoms with van der Waals surface area (Å²) in [5, 5.41) is 14.7. The Morgan fingerprint density at radius 2 is 2.59 bits per heavy atom. The first kappa shape index (κ1) is 12.3. The van der Waals surface area contributed by atoms with Crippen LogP contribution in [0.2, 0.25) is 0 Å². The molecule has 17 heavy (non-hydrogen) atoms. The van der Waals surface area contributed by atoms with Crippen molar-refractivity contribution in [2.24, 2.45) is 0 Å². The molecule has 0 saturated carbocycles. The highest BCUT2D eigenvalue weighted by Gasteiger charge is 2.15. The molecule has 0 aromatic carbocycles. The molecule has 0 aliphatic carbocycles. The molecule has 2 N–H and O–H groups in total. The van der Waals surface area contributed by atoms with Gasteiger partial charge in [0.25, 0.3) is 0 Å². The van der Waals surface area contributed by atoms with E-state index in [1.165, 1.54) is 11.3 Å². The van der Waals surface area contributed by atoms with E-state index < -0.39 is 5.97 Å². The van der Waals surface area contributed by atoms with Gasteiger partial charge in [-0.2, -0.15) is 0 Å². The van der Waals surface area contributed by atoms with Gasteiger partial charge >= 0.3 is 5.97 Å². The molecule has 1 aromatic heterocycles. The number of carboxylic acids is 1. The molecule has 94 valence electrons. The lowest BCUT2D eigenvalue weighted by atomic mass is 10.1. The standard InChI is InChI=1S/C11H16N2O3S/c14-10(15)4-3-9-7-17-11(13-9)12-8-2-1-5-16-6-8/h7-8H,1-6H2,(H,12,13)(H,14,15). The lowest BCUT2D eigenvalue weighted by Crippen LogP contribution is -2.29. The first-order chi connectivity index (χ1) is 8.24. The summed E-state index contributed by atoms with van der Waals surface area (Å²) in [4.78, 5) is 14.8. The zero-order valence-electron chi connectivity index (χ0n) is 9.52. The van der Waals surface area contributed by atoms with Crippen LogP contribution in [0.3, 0.4) is 0 Å². The van der Waals surface area contributed by atoms with Crippen molar-refractivity contribution in [2.45, 2.75) is 31.7 Å². The highest BCUT2D eigenvalue weighted by atomic mass is 32.1. The Labute approximate surface area is 104 Å². The minimum absolute atomic E-state index is 0.135. The predicted octanol–water partition coefficient (Wildman–Crippen LogP) is 1.75. The van der Waals surface area contributed by atoms with E-state index in [1.54, 1.807) is 0 Å². The first-order valence-corrected chi connectivity index (χ1v) is 6.62. The van der Waals surface area contributed by atoms with E-state index in [9.17, 15) is 4.79 Å². The van der Waals surface area contributed by atoms with Crippen molar-refractivity contribution in [3.63, 3.8) is 0 Å². The molecular weight excluding hydrogens is 240 g/mol. The molecule has 1 atom stereocenters. The Morgan fingerprint density at radius 3 is 3.29 bits per heavy atom. The Kier molecular flexibility index (Phi) is 4.33. The quantitative estimate of drug-likeness (QED) is 0.839. The molecule has 0 spiro atoms. The number of nitrogens with one attached hydrogen (secondary N) is 1. The van der Waals surface area contributed by atoms with Crippen LogP contribution in [0.15, 0.2) is 5.38 Å². The SMILES string of the molecule is O=C(O)CCc1csc(NC2CCCOC2)n1. The minimum atomic E-state index is -0.784. The number of thiazole rings is 1. The smallest absolute Gasteiger partial charge is 0.303 e. The minimum Gasteiger partial charge on any atom is -0.481 e. The van der Waals surface area contributed by atoms with Crippen molar-refractivity contribution < 1.29 is 14.6 Å². The van der Waals surface area contributed by atoms with E-state index in [1.807, 2.05) is 5.38 Å². The average Bonchev–Trinajstić information content (AvgIpc) is 2.75. The lowest BCUT2D eigenvalue weighted by Gasteiger charge is -2.22. The van der Waals surface area contributed by atoms with Crippen LogP contribution in [0.1, 0.15) is 25.0 Å². The number of carbonyl (C=O) groups is 1. The lowest BCUT2D eigenvalue weighted by molar-refractivity contribution is -0.136. The zero-order chi connectivity index (χ0) is 12.1. The van der Waals surface area contributed by atoms with E-state index >= 15 is 0 Å². The van der Waals surface area contributed by atoms with Crippen molar-refractivity contribution in [2.75, 3.05) is 18.5 Å². The third-order valence-corrected chi connectivity index (χ3v) is 3.46. The van der Waals surface area contributed by atoms with Crippen molar-refractivity contribution >= 4 is 22.4 Å². The van der Waals surface area contributed by atoms with Gasteiger partial charge in [-0.15, -0.1) is 11.3 Å². The number of ether oxygens (including phenoxy) is 1. The van der Waals surface area contributed by atoms with Gasteiger partial charge in [0.05, 0.1) is 24.8 Å². The first-order valence-electron chi connectivity index (χ1n) is 5.74. The third-order valence-electron chi connectivity index (χ3n) is 2.63. The molecule has 1 saturated heterocycles. The molecule has 0 radical (unpaired) electrons. The van der Waals surface area contributed by atoms with E-state index in [2.05, 4.69) is 10.3 Å². The van der Waals surface area contributed by atoms with Gasteiger partial charge in [0.1, 0.15) is 0 Å². The van der Waals surface area contributed by atoms with E-state index in [-0.39, 0.29) is 6.42 Å². The van der Waals surface area contributed by atoms with Crippen molar-refractivity contribution in [3.05, 3.63) is 11.1 Å². The highest BCUT2D eigenvalue weighted by molar-refractivity contribution is 7.13. The van der Waals surface area contributed by atoms with Crippen LogP contribution < -0.4 is 5.32 Å². The highest BCUT2D eigenvalue weighted by Crippen LogP contribution is 2.19. The molecule has 2 rings (SSSR count). The molecule has 1 aromatic rings.